The molecule has 1 aliphatic carbocycles. The van der Waals surface area contributed by atoms with Gasteiger partial charge in [0, 0.05) is 31.9 Å². The molecule has 0 spiro atoms. The van der Waals surface area contributed by atoms with Gasteiger partial charge >= 0.3 is 0 Å². The number of nitrogens with zero attached hydrogens (tertiary/aromatic N) is 3. The fourth-order valence-electron chi connectivity index (χ4n) is 3.03. The van der Waals surface area contributed by atoms with Crippen molar-refractivity contribution in [2.24, 2.45) is 18.0 Å². The lowest BCUT2D eigenvalue weighted by atomic mass is 10.1. The lowest BCUT2D eigenvalue weighted by molar-refractivity contribution is 0.296. The first-order valence-corrected chi connectivity index (χ1v) is 10.4. The third-order valence-electron chi connectivity index (χ3n) is 4.84. The maximum Gasteiger partial charge on any atom is 0.191 e. The van der Waals surface area contributed by atoms with Crippen LogP contribution in [-0.4, -0.2) is 35.4 Å². The summed E-state index contributed by atoms with van der Waals surface area (Å²) < 4.78 is 7.91. The number of nitrogens with one attached hydrogen (secondary N) is 2. The molecule has 6 nitrogen and oxygen atoms in total. The summed E-state index contributed by atoms with van der Waals surface area (Å²) >= 11 is 0. The van der Waals surface area contributed by atoms with Crippen LogP contribution in [-0.2, 0) is 20.0 Å². The highest BCUT2D eigenvalue weighted by atomic mass is 16.5. The molecule has 0 unspecified atom stereocenters. The summed E-state index contributed by atoms with van der Waals surface area (Å²) in [6, 6.07) is 6.39. The van der Waals surface area contributed by atoms with Gasteiger partial charge in [0.15, 0.2) is 5.96 Å². The Bertz CT molecular complexity index is 779. The predicted molar refractivity (Wildman–Crippen MR) is 114 cm³/mol. The van der Waals surface area contributed by atoms with Gasteiger partial charge in [0.1, 0.15) is 5.75 Å². The van der Waals surface area contributed by atoms with Gasteiger partial charge in [-0.3, -0.25) is 4.68 Å². The molecule has 0 aliphatic heterocycles. The molecular weight excluding hydrogens is 350 g/mol. The zero-order valence-electron chi connectivity index (χ0n) is 17.4. The molecule has 1 saturated carbocycles. The summed E-state index contributed by atoms with van der Waals surface area (Å²) in [6.45, 7) is 7.34. The number of rotatable bonds is 10. The lowest BCUT2D eigenvalue weighted by Crippen LogP contribution is -2.37. The van der Waals surface area contributed by atoms with Crippen LogP contribution in [0.4, 0.5) is 0 Å². The van der Waals surface area contributed by atoms with Gasteiger partial charge in [-0.15, -0.1) is 0 Å². The Morgan fingerprint density at radius 2 is 2.18 bits per heavy atom. The maximum atomic E-state index is 6.07. The van der Waals surface area contributed by atoms with E-state index in [0.717, 1.165) is 55.7 Å². The zero-order valence-corrected chi connectivity index (χ0v) is 17.4. The third kappa shape index (κ3) is 6.59. The van der Waals surface area contributed by atoms with Crippen molar-refractivity contribution in [1.29, 1.82) is 0 Å². The van der Waals surface area contributed by atoms with Crippen LogP contribution in [0, 0.1) is 12.8 Å². The molecular formula is C22H33N5O. The van der Waals surface area contributed by atoms with Gasteiger partial charge in [-0.25, -0.2) is 4.99 Å². The van der Waals surface area contributed by atoms with Gasteiger partial charge in [-0.2, -0.15) is 5.10 Å². The first-order chi connectivity index (χ1) is 13.6. The lowest BCUT2D eigenvalue weighted by Gasteiger charge is -2.13. The van der Waals surface area contributed by atoms with Crippen LogP contribution in [0.1, 0.15) is 42.9 Å². The Hall–Kier alpha value is -2.50. The molecule has 2 N–H and O–H groups in total. The number of aliphatic imine (C=N–C) groups is 1. The second-order valence-electron chi connectivity index (χ2n) is 7.61. The molecule has 0 atom stereocenters. The average molecular weight is 384 g/mol. The minimum Gasteiger partial charge on any atom is -0.493 e. The molecule has 2 aromatic rings. The highest BCUT2D eigenvalue weighted by Crippen LogP contribution is 2.30. The van der Waals surface area contributed by atoms with Crippen LogP contribution < -0.4 is 15.4 Å². The fourth-order valence-corrected chi connectivity index (χ4v) is 3.03. The van der Waals surface area contributed by atoms with Gasteiger partial charge in [0.05, 0.1) is 19.3 Å². The smallest absolute Gasteiger partial charge is 0.191 e. The normalized spacial score (nSPS) is 14.2. The monoisotopic (exact) mass is 383 g/mol. The van der Waals surface area contributed by atoms with E-state index in [1.165, 1.54) is 24.0 Å². The van der Waals surface area contributed by atoms with Crippen molar-refractivity contribution >= 4 is 5.96 Å². The minimum absolute atomic E-state index is 0.609. The summed E-state index contributed by atoms with van der Waals surface area (Å²) in [6.07, 6.45) is 8.65. The number of ether oxygens (including phenoxy) is 1. The van der Waals surface area contributed by atoms with Crippen molar-refractivity contribution in [3.63, 3.8) is 0 Å². The van der Waals surface area contributed by atoms with Crippen molar-refractivity contribution in [3.8, 4) is 5.75 Å². The second kappa shape index (κ2) is 10.2. The fraction of sp³-hybridized carbons (Fsp3) is 0.545. The molecule has 1 fully saturated rings. The molecule has 0 amide bonds. The van der Waals surface area contributed by atoms with Crippen LogP contribution in [0.5, 0.6) is 5.75 Å². The Labute approximate surface area is 168 Å². The largest absolute Gasteiger partial charge is 0.493 e. The molecule has 0 radical (unpaired) electrons. The van der Waals surface area contributed by atoms with E-state index in [9.17, 15) is 0 Å². The number of hydrogen-bond donors (Lipinski definition) is 2. The zero-order chi connectivity index (χ0) is 19.8. The van der Waals surface area contributed by atoms with Gasteiger partial charge in [-0.1, -0.05) is 12.1 Å². The predicted octanol–water partition coefficient (Wildman–Crippen LogP) is 3.21. The number of aromatic nitrogens is 2. The SMILES string of the molecule is CCNC(=NCc1ccc(C)cc1OCC1CC1)NCCCc1cnn(C)c1. The second-order valence-corrected chi connectivity index (χ2v) is 7.61. The van der Waals surface area contributed by atoms with Crippen molar-refractivity contribution in [2.45, 2.75) is 46.1 Å². The van der Waals surface area contributed by atoms with Gasteiger partial charge < -0.3 is 15.4 Å². The van der Waals surface area contributed by atoms with Crippen LogP contribution >= 0.6 is 0 Å². The Kier molecular flexibility index (Phi) is 7.34. The summed E-state index contributed by atoms with van der Waals surface area (Å²) in [5.41, 5.74) is 3.63. The molecule has 1 aromatic carbocycles. The average Bonchev–Trinajstić information content (AvgIpc) is 3.42. The van der Waals surface area contributed by atoms with E-state index in [-0.39, 0.29) is 0 Å². The van der Waals surface area contributed by atoms with E-state index in [4.69, 9.17) is 9.73 Å². The quantitative estimate of drug-likeness (QED) is 0.376. The highest BCUT2D eigenvalue weighted by Gasteiger charge is 2.22. The van der Waals surface area contributed by atoms with Crippen molar-refractivity contribution in [3.05, 3.63) is 47.3 Å². The molecule has 0 bridgehead atoms. The molecule has 3 rings (SSSR count). The van der Waals surface area contributed by atoms with Gasteiger partial charge in [0.25, 0.3) is 0 Å². The maximum absolute atomic E-state index is 6.07. The highest BCUT2D eigenvalue weighted by molar-refractivity contribution is 5.79. The van der Waals surface area contributed by atoms with E-state index in [2.05, 4.69) is 54.0 Å². The Morgan fingerprint density at radius 1 is 1.32 bits per heavy atom. The van der Waals surface area contributed by atoms with Crippen molar-refractivity contribution in [1.82, 2.24) is 20.4 Å². The van der Waals surface area contributed by atoms with Crippen LogP contribution in [0.3, 0.4) is 0 Å². The summed E-state index contributed by atoms with van der Waals surface area (Å²) in [5, 5.41) is 11.0. The van der Waals surface area contributed by atoms with E-state index in [0.29, 0.717) is 6.54 Å². The Balaban J connectivity index is 1.52. The van der Waals surface area contributed by atoms with E-state index >= 15 is 0 Å². The van der Waals surface area contributed by atoms with Crippen molar-refractivity contribution in [2.75, 3.05) is 19.7 Å². The summed E-state index contributed by atoms with van der Waals surface area (Å²) in [7, 11) is 1.95. The van der Waals surface area contributed by atoms with E-state index in [1.54, 1.807) is 0 Å². The molecule has 152 valence electrons. The molecule has 6 heteroatoms. The van der Waals surface area contributed by atoms with Crippen LogP contribution in [0.25, 0.3) is 0 Å². The van der Waals surface area contributed by atoms with E-state index in [1.807, 2.05) is 17.9 Å². The molecule has 1 heterocycles. The van der Waals surface area contributed by atoms with Crippen molar-refractivity contribution < 1.29 is 4.74 Å². The third-order valence-corrected chi connectivity index (χ3v) is 4.84. The van der Waals surface area contributed by atoms with Crippen LogP contribution in [0.15, 0.2) is 35.6 Å². The molecule has 1 aliphatic rings. The number of hydrogen-bond acceptors (Lipinski definition) is 3. The molecule has 1 aromatic heterocycles. The van der Waals surface area contributed by atoms with Gasteiger partial charge in [-0.05, 0) is 62.6 Å². The number of guanidine groups is 1. The van der Waals surface area contributed by atoms with Crippen LogP contribution in [0.2, 0.25) is 0 Å². The summed E-state index contributed by atoms with van der Waals surface area (Å²) in [4.78, 5) is 4.76. The first kappa shape index (κ1) is 20.2. The number of benzene rings is 1. The number of aryl methyl sites for hydroxylation is 3. The minimum atomic E-state index is 0.609. The topological polar surface area (TPSA) is 63.5 Å². The standard InChI is InChI=1S/C22H33N5O/c1-4-23-22(24-11-5-6-19-13-26-27(3)15-19)25-14-20-10-7-17(2)12-21(20)28-16-18-8-9-18/h7,10,12-13,15,18H,4-6,8-9,11,14,16H2,1-3H3,(H2,23,24,25). The molecule has 28 heavy (non-hydrogen) atoms. The van der Waals surface area contributed by atoms with Gasteiger partial charge in [0.2, 0.25) is 0 Å². The summed E-state index contributed by atoms with van der Waals surface area (Å²) in [5.74, 6) is 2.57. The van der Waals surface area contributed by atoms with E-state index < -0.39 is 0 Å². The molecule has 0 saturated heterocycles. The first-order valence-electron chi connectivity index (χ1n) is 10.4. The Morgan fingerprint density at radius 3 is 2.89 bits per heavy atom.